The molecular formula is C18H19NO4. The van der Waals surface area contributed by atoms with Crippen molar-refractivity contribution in [3.8, 4) is 17.2 Å². The minimum absolute atomic E-state index is 0.0779. The van der Waals surface area contributed by atoms with Crippen molar-refractivity contribution in [2.45, 2.75) is 13.3 Å². The number of carbonyl (C=O) groups is 1. The molecule has 1 heterocycles. The first-order valence-electron chi connectivity index (χ1n) is 7.66. The Hall–Kier alpha value is -2.69. The largest absolute Gasteiger partial charge is 0.494 e. The van der Waals surface area contributed by atoms with Gasteiger partial charge in [0.05, 0.1) is 13.0 Å². The number of amides is 1. The Bertz CT molecular complexity index is 682. The van der Waals surface area contributed by atoms with Crippen molar-refractivity contribution >= 4 is 11.6 Å². The quantitative estimate of drug-likeness (QED) is 0.922. The molecule has 0 atom stereocenters. The monoisotopic (exact) mass is 313 g/mol. The van der Waals surface area contributed by atoms with E-state index in [9.17, 15) is 4.79 Å². The Balaban J connectivity index is 1.60. The first kappa shape index (κ1) is 15.2. The van der Waals surface area contributed by atoms with Crippen LogP contribution in [0.4, 0.5) is 5.69 Å². The van der Waals surface area contributed by atoms with E-state index in [1.165, 1.54) is 0 Å². The summed E-state index contributed by atoms with van der Waals surface area (Å²) in [6.45, 7) is 3.65. The molecule has 0 spiro atoms. The average molecular weight is 313 g/mol. The normalized spacial score (nSPS) is 12.6. The van der Waals surface area contributed by atoms with Crippen LogP contribution in [0.25, 0.3) is 0 Å². The molecule has 120 valence electrons. The van der Waals surface area contributed by atoms with E-state index in [1.807, 2.05) is 49.4 Å². The first-order valence-corrected chi connectivity index (χ1v) is 7.66. The van der Waals surface area contributed by atoms with Crippen molar-refractivity contribution in [1.29, 1.82) is 0 Å². The highest BCUT2D eigenvalue weighted by molar-refractivity contribution is 5.92. The molecular weight excluding hydrogens is 294 g/mol. The van der Waals surface area contributed by atoms with Crippen LogP contribution in [0, 0.1) is 0 Å². The lowest BCUT2D eigenvalue weighted by atomic mass is 10.1. The molecule has 0 saturated heterocycles. The molecule has 1 N–H and O–H groups in total. The van der Waals surface area contributed by atoms with E-state index >= 15 is 0 Å². The van der Waals surface area contributed by atoms with E-state index in [-0.39, 0.29) is 12.3 Å². The summed E-state index contributed by atoms with van der Waals surface area (Å²) >= 11 is 0. The van der Waals surface area contributed by atoms with Crippen LogP contribution in [0.5, 0.6) is 17.2 Å². The van der Waals surface area contributed by atoms with Crippen LogP contribution in [0.3, 0.4) is 0 Å². The van der Waals surface area contributed by atoms with Crippen molar-refractivity contribution in [1.82, 2.24) is 0 Å². The number of fused-ring (bicyclic) bond motifs is 1. The summed E-state index contributed by atoms with van der Waals surface area (Å²) in [5.41, 5.74) is 1.63. The van der Waals surface area contributed by atoms with Crippen LogP contribution in [0.2, 0.25) is 0 Å². The zero-order chi connectivity index (χ0) is 16.1. The molecule has 1 amide bonds. The third-order valence-corrected chi connectivity index (χ3v) is 3.42. The van der Waals surface area contributed by atoms with Gasteiger partial charge in [0.25, 0.3) is 0 Å². The summed E-state index contributed by atoms with van der Waals surface area (Å²) in [6, 6.07) is 12.9. The molecule has 0 aliphatic carbocycles. The Morgan fingerprint density at radius 1 is 1.09 bits per heavy atom. The van der Waals surface area contributed by atoms with Crippen LogP contribution < -0.4 is 19.5 Å². The SMILES string of the molecule is CCOc1ccc(NC(=O)Cc2ccc3c(c2)OCCO3)cc1. The first-order chi connectivity index (χ1) is 11.2. The van der Waals surface area contributed by atoms with Crippen LogP contribution >= 0.6 is 0 Å². The fourth-order valence-corrected chi connectivity index (χ4v) is 2.39. The summed E-state index contributed by atoms with van der Waals surface area (Å²) in [5.74, 6) is 2.14. The second kappa shape index (κ2) is 7.05. The van der Waals surface area contributed by atoms with Gasteiger partial charge in [0.2, 0.25) is 5.91 Å². The molecule has 2 aromatic rings. The van der Waals surface area contributed by atoms with E-state index in [2.05, 4.69) is 5.32 Å². The van der Waals surface area contributed by atoms with E-state index in [0.717, 1.165) is 22.7 Å². The Kier molecular flexibility index (Phi) is 4.66. The van der Waals surface area contributed by atoms with E-state index in [0.29, 0.717) is 25.6 Å². The summed E-state index contributed by atoms with van der Waals surface area (Å²) in [7, 11) is 0. The van der Waals surface area contributed by atoms with Crippen molar-refractivity contribution in [2.75, 3.05) is 25.1 Å². The number of hydrogen-bond acceptors (Lipinski definition) is 4. The van der Waals surface area contributed by atoms with Crippen LogP contribution in [-0.4, -0.2) is 25.7 Å². The molecule has 2 aromatic carbocycles. The molecule has 3 rings (SSSR count). The summed E-state index contributed by atoms with van der Waals surface area (Å²) in [5, 5.41) is 2.87. The van der Waals surface area contributed by atoms with E-state index in [4.69, 9.17) is 14.2 Å². The Morgan fingerprint density at radius 2 is 1.83 bits per heavy atom. The average Bonchev–Trinajstić information content (AvgIpc) is 2.57. The molecule has 1 aliphatic heterocycles. The van der Waals surface area contributed by atoms with Gasteiger partial charge in [-0.1, -0.05) is 6.07 Å². The Morgan fingerprint density at radius 3 is 2.57 bits per heavy atom. The second-order valence-corrected chi connectivity index (χ2v) is 5.16. The summed E-state index contributed by atoms with van der Waals surface area (Å²) in [6.07, 6.45) is 0.282. The number of ether oxygens (including phenoxy) is 3. The van der Waals surface area contributed by atoms with Crippen LogP contribution in [0.1, 0.15) is 12.5 Å². The van der Waals surface area contributed by atoms with E-state index < -0.39 is 0 Å². The Labute approximate surface area is 135 Å². The molecule has 0 radical (unpaired) electrons. The van der Waals surface area contributed by atoms with E-state index in [1.54, 1.807) is 0 Å². The molecule has 0 saturated carbocycles. The highest BCUT2D eigenvalue weighted by atomic mass is 16.6. The van der Waals surface area contributed by atoms with Gasteiger partial charge < -0.3 is 19.5 Å². The molecule has 5 nitrogen and oxygen atoms in total. The van der Waals surface area contributed by atoms with Crippen molar-refractivity contribution < 1.29 is 19.0 Å². The van der Waals surface area contributed by atoms with Gasteiger partial charge in [0, 0.05) is 5.69 Å². The fraction of sp³-hybridized carbons (Fsp3) is 0.278. The number of benzene rings is 2. The molecule has 5 heteroatoms. The fourth-order valence-electron chi connectivity index (χ4n) is 2.39. The van der Waals surface area contributed by atoms with Gasteiger partial charge >= 0.3 is 0 Å². The summed E-state index contributed by atoms with van der Waals surface area (Å²) in [4.78, 5) is 12.1. The zero-order valence-corrected chi connectivity index (χ0v) is 13.0. The minimum atomic E-state index is -0.0779. The standard InChI is InChI=1S/C18H19NO4/c1-2-21-15-6-4-14(5-7-15)19-18(20)12-13-3-8-16-17(11-13)23-10-9-22-16/h3-8,11H,2,9-10,12H2,1H3,(H,19,20). The van der Waals surface area contributed by atoms with Gasteiger partial charge in [0.1, 0.15) is 19.0 Å². The highest BCUT2D eigenvalue weighted by Gasteiger charge is 2.13. The van der Waals surface area contributed by atoms with Gasteiger partial charge in [-0.2, -0.15) is 0 Å². The lowest BCUT2D eigenvalue weighted by molar-refractivity contribution is -0.115. The van der Waals surface area contributed by atoms with Crippen LogP contribution in [-0.2, 0) is 11.2 Å². The third-order valence-electron chi connectivity index (χ3n) is 3.42. The molecule has 23 heavy (non-hydrogen) atoms. The molecule has 0 bridgehead atoms. The molecule has 0 unspecified atom stereocenters. The molecule has 0 aromatic heterocycles. The molecule has 0 fully saturated rings. The van der Waals surface area contributed by atoms with Gasteiger partial charge in [-0.15, -0.1) is 0 Å². The van der Waals surface area contributed by atoms with Crippen LogP contribution in [0.15, 0.2) is 42.5 Å². The van der Waals surface area contributed by atoms with Crippen molar-refractivity contribution in [2.24, 2.45) is 0 Å². The van der Waals surface area contributed by atoms with Gasteiger partial charge in [-0.3, -0.25) is 4.79 Å². The number of hydrogen-bond donors (Lipinski definition) is 1. The zero-order valence-electron chi connectivity index (χ0n) is 13.0. The maximum Gasteiger partial charge on any atom is 0.228 e. The maximum atomic E-state index is 12.1. The predicted octanol–water partition coefficient (Wildman–Crippen LogP) is 3.04. The summed E-state index contributed by atoms with van der Waals surface area (Å²) < 4.78 is 16.4. The topological polar surface area (TPSA) is 56.8 Å². The maximum absolute atomic E-state index is 12.1. The highest BCUT2D eigenvalue weighted by Crippen LogP contribution is 2.30. The van der Waals surface area contributed by atoms with Crippen molar-refractivity contribution in [3.63, 3.8) is 0 Å². The number of rotatable bonds is 5. The number of anilines is 1. The second-order valence-electron chi connectivity index (χ2n) is 5.16. The smallest absolute Gasteiger partial charge is 0.228 e. The molecule has 1 aliphatic rings. The third kappa shape index (κ3) is 3.94. The van der Waals surface area contributed by atoms with Gasteiger partial charge in [-0.05, 0) is 48.9 Å². The number of carbonyl (C=O) groups excluding carboxylic acids is 1. The lowest BCUT2D eigenvalue weighted by Crippen LogP contribution is -2.17. The van der Waals surface area contributed by atoms with Gasteiger partial charge in [-0.25, -0.2) is 0 Å². The predicted molar refractivity (Wildman–Crippen MR) is 87.4 cm³/mol. The number of nitrogens with one attached hydrogen (secondary N) is 1. The van der Waals surface area contributed by atoms with Gasteiger partial charge in [0.15, 0.2) is 11.5 Å². The lowest BCUT2D eigenvalue weighted by Gasteiger charge is -2.18. The van der Waals surface area contributed by atoms with Crippen molar-refractivity contribution in [3.05, 3.63) is 48.0 Å². The minimum Gasteiger partial charge on any atom is -0.494 e.